The lowest BCUT2D eigenvalue weighted by atomic mass is 10.1. The monoisotopic (exact) mass is 387 g/mol. The summed E-state index contributed by atoms with van der Waals surface area (Å²) in [5.74, 6) is 0.615. The van der Waals surface area contributed by atoms with E-state index in [2.05, 4.69) is 5.32 Å². The van der Waals surface area contributed by atoms with Crippen LogP contribution < -0.4 is 14.8 Å². The number of hydrogen-bond donors (Lipinski definition) is 2. The molecule has 1 aliphatic rings. The van der Waals surface area contributed by atoms with Gasteiger partial charge in [0.1, 0.15) is 0 Å². The van der Waals surface area contributed by atoms with Crippen LogP contribution >= 0.6 is 11.8 Å². The van der Waals surface area contributed by atoms with Crippen molar-refractivity contribution in [3.05, 3.63) is 54.1 Å². The van der Waals surface area contributed by atoms with Crippen molar-refractivity contribution in [3.8, 4) is 11.5 Å². The fraction of sp³-hybridized carbons (Fsp3) is 0.300. The first-order chi connectivity index (χ1) is 13.1. The molecule has 27 heavy (non-hydrogen) atoms. The van der Waals surface area contributed by atoms with Crippen molar-refractivity contribution in [2.24, 2.45) is 0 Å². The van der Waals surface area contributed by atoms with Gasteiger partial charge in [0.05, 0.1) is 13.2 Å². The second-order valence-electron chi connectivity index (χ2n) is 6.01. The van der Waals surface area contributed by atoms with E-state index in [-0.39, 0.29) is 12.3 Å². The Morgan fingerprint density at radius 3 is 2.56 bits per heavy atom. The molecule has 1 heterocycles. The standard InChI is InChI=1S/C20H21NO5S/c22-18(21-19(20(23)24)14-5-2-1-3-6-14)9-12-27-15-7-8-16-17(13-15)26-11-4-10-25-16/h1-3,5-8,13,19H,4,9-12H2,(H,21,22)(H,23,24)/t19-/m1/s1. The molecule has 0 bridgehead atoms. The Bertz CT molecular complexity index is 796. The van der Waals surface area contributed by atoms with E-state index in [1.165, 1.54) is 11.8 Å². The third-order valence-corrected chi connectivity index (χ3v) is 5.00. The van der Waals surface area contributed by atoms with Gasteiger partial charge >= 0.3 is 5.97 Å². The summed E-state index contributed by atoms with van der Waals surface area (Å²) in [5.41, 5.74) is 0.550. The Hall–Kier alpha value is -2.67. The smallest absolute Gasteiger partial charge is 0.330 e. The zero-order valence-electron chi connectivity index (χ0n) is 14.7. The van der Waals surface area contributed by atoms with Crippen molar-refractivity contribution >= 4 is 23.6 Å². The summed E-state index contributed by atoms with van der Waals surface area (Å²) >= 11 is 1.52. The Morgan fingerprint density at radius 2 is 1.81 bits per heavy atom. The summed E-state index contributed by atoms with van der Waals surface area (Å²) in [7, 11) is 0. The van der Waals surface area contributed by atoms with Crippen LogP contribution in [0.5, 0.6) is 11.5 Å². The molecule has 2 N–H and O–H groups in total. The quantitative estimate of drug-likeness (QED) is 0.710. The average Bonchev–Trinajstić information content (AvgIpc) is 2.91. The minimum Gasteiger partial charge on any atom is -0.490 e. The normalized spacial score (nSPS) is 14.1. The van der Waals surface area contributed by atoms with Crippen LogP contribution in [0.3, 0.4) is 0 Å². The molecule has 7 heteroatoms. The Morgan fingerprint density at radius 1 is 1.07 bits per heavy atom. The molecule has 3 rings (SSSR count). The van der Waals surface area contributed by atoms with Crippen molar-refractivity contribution in [2.45, 2.75) is 23.8 Å². The van der Waals surface area contributed by atoms with Crippen molar-refractivity contribution in [2.75, 3.05) is 19.0 Å². The number of rotatable bonds is 7. The number of thioether (sulfide) groups is 1. The van der Waals surface area contributed by atoms with E-state index in [9.17, 15) is 14.7 Å². The zero-order valence-corrected chi connectivity index (χ0v) is 15.5. The third-order valence-electron chi connectivity index (χ3n) is 4.00. The van der Waals surface area contributed by atoms with Crippen LogP contribution in [-0.4, -0.2) is 35.9 Å². The number of benzene rings is 2. The lowest BCUT2D eigenvalue weighted by Crippen LogP contribution is -2.33. The molecule has 0 unspecified atom stereocenters. The third kappa shape index (κ3) is 5.40. The van der Waals surface area contributed by atoms with E-state index in [0.717, 1.165) is 22.8 Å². The van der Waals surface area contributed by atoms with Crippen molar-refractivity contribution < 1.29 is 24.2 Å². The highest BCUT2D eigenvalue weighted by molar-refractivity contribution is 7.99. The number of aliphatic carboxylic acids is 1. The van der Waals surface area contributed by atoms with Gasteiger partial charge in [0.25, 0.3) is 0 Å². The molecule has 142 valence electrons. The second kappa shape index (κ2) is 9.32. The maximum atomic E-state index is 12.2. The van der Waals surface area contributed by atoms with Crippen LogP contribution in [0.25, 0.3) is 0 Å². The van der Waals surface area contributed by atoms with Gasteiger partial charge in [-0.2, -0.15) is 0 Å². The van der Waals surface area contributed by atoms with Crippen LogP contribution in [0, 0.1) is 0 Å². The molecule has 0 fully saturated rings. The van der Waals surface area contributed by atoms with Gasteiger partial charge in [0.15, 0.2) is 17.5 Å². The van der Waals surface area contributed by atoms with Crippen LogP contribution in [0.2, 0.25) is 0 Å². The largest absolute Gasteiger partial charge is 0.490 e. The molecular formula is C20H21NO5S. The number of carboxylic acid groups (broad SMARTS) is 1. The number of carbonyl (C=O) groups excluding carboxylic acids is 1. The molecule has 1 atom stereocenters. The lowest BCUT2D eigenvalue weighted by Gasteiger charge is -2.15. The molecule has 1 amide bonds. The van der Waals surface area contributed by atoms with E-state index >= 15 is 0 Å². The topological polar surface area (TPSA) is 84.9 Å². The first-order valence-electron chi connectivity index (χ1n) is 8.73. The molecule has 0 radical (unpaired) electrons. The summed E-state index contributed by atoms with van der Waals surface area (Å²) in [5, 5.41) is 11.9. The molecule has 0 aliphatic carbocycles. The average molecular weight is 387 g/mol. The fourth-order valence-electron chi connectivity index (χ4n) is 2.66. The first kappa shape index (κ1) is 19.1. The van der Waals surface area contributed by atoms with Gasteiger partial charge in [-0.25, -0.2) is 4.79 Å². The second-order valence-corrected chi connectivity index (χ2v) is 7.18. The van der Waals surface area contributed by atoms with Crippen molar-refractivity contribution in [1.29, 1.82) is 0 Å². The summed E-state index contributed by atoms with van der Waals surface area (Å²) in [6, 6.07) is 13.3. The molecule has 0 spiro atoms. The SMILES string of the molecule is O=C(CCSc1ccc2c(c1)OCCCO2)N[C@@H](C(=O)O)c1ccccc1. The van der Waals surface area contributed by atoms with Gasteiger partial charge in [-0.3, -0.25) is 4.79 Å². The molecule has 0 saturated heterocycles. The molecule has 0 saturated carbocycles. The van der Waals surface area contributed by atoms with Gasteiger partial charge in [0, 0.05) is 23.5 Å². The summed E-state index contributed by atoms with van der Waals surface area (Å²) in [4.78, 5) is 24.6. The van der Waals surface area contributed by atoms with Crippen molar-refractivity contribution in [1.82, 2.24) is 5.32 Å². The Labute approximate surface area is 161 Å². The van der Waals surface area contributed by atoms with Gasteiger partial charge in [0.2, 0.25) is 5.91 Å². The van der Waals surface area contributed by atoms with Crippen LogP contribution in [0.1, 0.15) is 24.4 Å². The van der Waals surface area contributed by atoms with E-state index in [0.29, 0.717) is 24.5 Å². The van der Waals surface area contributed by atoms with Crippen LogP contribution in [0.15, 0.2) is 53.4 Å². The van der Waals surface area contributed by atoms with Gasteiger partial charge in [-0.1, -0.05) is 30.3 Å². The molecule has 1 aliphatic heterocycles. The first-order valence-corrected chi connectivity index (χ1v) is 9.71. The molecule has 2 aromatic rings. The van der Waals surface area contributed by atoms with E-state index in [1.54, 1.807) is 30.3 Å². The summed E-state index contributed by atoms with van der Waals surface area (Å²) in [6.45, 7) is 1.27. The minimum atomic E-state index is -1.08. The number of carboxylic acids is 1. The Balaban J connectivity index is 1.52. The summed E-state index contributed by atoms with van der Waals surface area (Å²) in [6.07, 6.45) is 1.07. The van der Waals surface area contributed by atoms with Gasteiger partial charge in [-0.15, -0.1) is 11.8 Å². The maximum absolute atomic E-state index is 12.2. The molecule has 2 aromatic carbocycles. The number of amides is 1. The van der Waals surface area contributed by atoms with Crippen LogP contribution in [-0.2, 0) is 9.59 Å². The molecule has 0 aromatic heterocycles. The van der Waals surface area contributed by atoms with E-state index in [4.69, 9.17) is 9.47 Å². The van der Waals surface area contributed by atoms with E-state index < -0.39 is 12.0 Å². The Kier molecular flexibility index (Phi) is 6.59. The summed E-state index contributed by atoms with van der Waals surface area (Å²) < 4.78 is 11.3. The van der Waals surface area contributed by atoms with Crippen LogP contribution in [0.4, 0.5) is 0 Å². The van der Waals surface area contributed by atoms with Crippen molar-refractivity contribution in [3.63, 3.8) is 0 Å². The number of ether oxygens (including phenoxy) is 2. The van der Waals surface area contributed by atoms with Gasteiger partial charge in [-0.05, 0) is 23.8 Å². The number of hydrogen-bond acceptors (Lipinski definition) is 5. The van der Waals surface area contributed by atoms with Gasteiger partial charge < -0.3 is 19.9 Å². The van der Waals surface area contributed by atoms with E-state index in [1.807, 2.05) is 18.2 Å². The minimum absolute atomic E-state index is 0.218. The molecular weight excluding hydrogens is 366 g/mol. The number of carbonyl (C=O) groups is 2. The predicted octanol–water partition coefficient (Wildman–Crippen LogP) is 3.27. The zero-order chi connectivity index (χ0) is 19.1. The number of nitrogens with one attached hydrogen (secondary N) is 1. The number of fused-ring (bicyclic) bond motifs is 1. The molecule has 6 nitrogen and oxygen atoms in total. The highest BCUT2D eigenvalue weighted by Crippen LogP contribution is 2.34. The predicted molar refractivity (Wildman–Crippen MR) is 102 cm³/mol. The maximum Gasteiger partial charge on any atom is 0.330 e. The highest BCUT2D eigenvalue weighted by Gasteiger charge is 2.21. The lowest BCUT2D eigenvalue weighted by molar-refractivity contribution is -0.142. The fourth-order valence-corrected chi connectivity index (χ4v) is 3.54. The highest BCUT2D eigenvalue weighted by atomic mass is 32.2.